The SMILES string of the molecule is CC(C)c1ccnc(N2CCC(C(C)C)CC2)c1. The number of nitrogens with zero attached hydrogens (tertiary/aromatic N) is 2. The van der Waals surface area contributed by atoms with E-state index >= 15 is 0 Å². The summed E-state index contributed by atoms with van der Waals surface area (Å²) in [5.74, 6) is 3.47. The second-order valence-electron chi connectivity index (χ2n) is 6.17. The van der Waals surface area contributed by atoms with E-state index in [0.717, 1.165) is 24.9 Å². The number of piperidine rings is 1. The minimum atomic E-state index is 0.583. The highest BCUT2D eigenvalue weighted by Gasteiger charge is 2.22. The Bertz CT molecular complexity index is 376. The molecule has 0 atom stereocenters. The summed E-state index contributed by atoms with van der Waals surface area (Å²) in [5.41, 5.74) is 1.39. The minimum absolute atomic E-state index is 0.583. The van der Waals surface area contributed by atoms with Crippen molar-refractivity contribution in [3.05, 3.63) is 23.9 Å². The maximum absolute atomic E-state index is 4.54. The van der Waals surface area contributed by atoms with Crippen molar-refractivity contribution in [2.24, 2.45) is 11.8 Å². The zero-order valence-corrected chi connectivity index (χ0v) is 12.2. The molecule has 0 N–H and O–H groups in total. The van der Waals surface area contributed by atoms with E-state index in [2.05, 4.69) is 49.7 Å². The predicted octanol–water partition coefficient (Wildman–Crippen LogP) is 4.08. The van der Waals surface area contributed by atoms with E-state index < -0.39 is 0 Å². The van der Waals surface area contributed by atoms with E-state index in [0.29, 0.717) is 5.92 Å². The van der Waals surface area contributed by atoms with Gasteiger partial charge in [-0.15, -0.1) is 0 Å². The number of hydrogen-bond acceptors (Lipinski definition) is 2. The third kappa shape index (κ3) is 3.04. The first-order valence-electron chi connectivity index (χ1n) is 7.29. The Morgan fingerprint density at radius 2 is 1.83 bits per heavy atom. The van der Waals surface area contributed by atoms with Crippen LogP contribution in [0, 0.1) is 11.8 Å². The van der Waals surface area contributed by atoms with Gasteiger partial charge in [0.05, 0.1) is 0 Å². The summed E-state index contributed by atoms with van der Waals surface area (Å²) in [4.78, 5) is 6.99. The van der Waals surface area contributed by atoms with Crippen molar-refractivity contribution in [3.8, 4) is 0 Å². The Balaban J connectivity index is 2.03. The second-order valence-corrected chi connectivity index (χ2v) is 6.17. The maximum atomic E-state index is 4.54. The molecule has 0 unspecified atom stereocenters. The number of rotatable bonds is 3. The van der Waals surface area contributed by atoms with Crippen LogP contribution in [0.2, 0.25) is 0 Å². The summed E-state index contributed by atoms with van der Waals surface area (Å²) in [6, 6.07) is 4.40. The molecule has 100 valence electrons. The zero-order chi connectivity index (χ0) is 13.1. The van der Waals surface area contributed by atoms with Crippen molar-refractivity contribution in [1.82, 2.24) is 4.98 Å². The standard InChI is InChI=1S/C16H26N2/c1-12(2)14-6-9-18(10-7-14)16-11-15(13(3)4)5-8-17-16/h5,8,11-14H,6-7,9-10H2,1-4H3. The highest BCUT2D eigenvalue weighted by atomic mass is 15.2. The molecule has 0 radical (unpaired) electrons. The van der Waals surface area contributed by atoms with Crippen molar-refractivity contribution in [2.75, 3.05) is 18.0 Å². The molecular weight excluding hydrogens is 220 g/mol. The lowest BCUT2D eigenvalue weighted by Gasteiger charge is -2.34. The fourth-order valence-electron chi connectivity index (χ4n) is 2.76. The Hall–Kier alpha value is -1.05. The van der Waals surface area contributed by atoms with E-state index in [1.54, 1.807) is 0 Å². The van der Waals surface area contributed by atoms with Gasteiger partial charge in [0, 0.05) is 19.3 Å². The molecule has 0 aromatic carbocycles. The average Bonchev–Trinajstić information content (AvgIpc) is 2.39. The van der Waals surface area contributed by atoms with Crippen LogP contribution in [0.4, 0.5) is 5.82 Å². The molecule has 0 bridgehead atoms. The molecule has 0 spiro atoms. The summed E-state index contributed by atoms with van der Waals surface area (Å²) in [6.45, 7) is 11.5. The fourth-order valence-corrected chi connectivity index (χ4v) is 2.76. The molecule has 0 saturated carbocycles. The van der Waals surface area contributed by atoms with Gasteiger partial charge in [-0.05, 0) is 48.3 Å². The molecule has 1 aromatic heterocycles. The molecule has 1 saturated heterocycles. The lowest BCUT2D eigenvalue weighted by molar-refractivity contribution is 0.310. The van der Waals surface area contributed by atoms with Crippen molar-refractivity contribution in [3.63, 3.8) is 0 Å². The highest BCUT2D eigenvalue weighted by Crippen LogP contribution is 2.28. The van der Waals surface area contributed by atoms with Gasteiger partial charge < -0.3 is 4.90 Å². The summed E-state index contributed by atoms with van der Waals surface area (Å²) in [6.07, 6.45) is 4.58. The predicted molar refractivity (Wildman–Crippen MR) is 78.1 cm³/mol. The number of hydrogen-bond donors (Lipinski definition) is 0. The highest BCUT2D eigenvalue weighted by molar-refractivity contribution is 5.42. The first-order valence-corrected chi connectivity index (χ1v) is 7.29. The quantitative estimate of drug-likeness (QED) is 0.799. The normalized spacial score (nSPS) is 17.8. The van der Waals surface area contributed by atoms with Crippen LogP contribution in [0.15, 0.2) is 18.3 Å². The van der Waals surface area contributed by atoms with Crippen LogP contribution < -0.4 is 4.90 Å². The lowest BCUT2D eigenvalue weighted by Crippen LogP contribution is -2.35. The molecular formula is C16H26N2. The molecule has 1 aliphatic heterocycles. The molecule has 1 aromatic rings. The van der Waals surface area contributed by atoms with Crippen molar-refractivity contribution >= 4 is 5.82 Å². The zero-order valence-electron chi connectivity index (χ0n) is 12.2. The lowest BCUT2D eigenvalue weighted by atomic mass is 9.87. The Kier molecular flexibility index (Phi) is 4.26. The van der Waals surface area contributed by atoms with Crippen LogP contribution in [0.1, 0.15) is 52.0 Å². The molecule has 2 heteroatoms. The van der Waals surface area contributed by atoms with Crippen LogP contribution in [0.25, 0.3) is 0 Å². The van der Waals surface area contributed by atoms with E-state index in [4.69, 9.17) is 0 Å². The molecule has 1 fully saturated rings. The molecule has 0 aliphatic carbocycles. The van der Waals surface area contributed by atoms with Gasteiger partial charge in [-0.1, -0.05) is 27.7 Å². The van der Waals surface area contributed by atoms with Gasteiger partial charge in [-0.2, -0.15) is 0 Å². The number of anilines is 1. The maximum Gasteiger partial charge on any atom is 0.128 e. The Labute approximate surface area is 111 Å². The largest absolute Gasteiger partial charge is 0.357 e. The monoisotopic (exact) mass is 246 g/mol. The van der Waals surface area contributed by atoms with Crippen LogP contribution >= 0.6 is 0 Å². The first kappa shape index (κ1) is 13.4. The van der Waals surface area contributed by atoms with E-state index in [-0.39, 0.29) is 0 Å². The Morgan fingerprint density at radius 1 is 1.17 bits per heavy atom. The van der Waals surface area contributed by atoms with Gasteiger partial charge in [0.2, 0.25) is 0 Å². The average molecular weight is 246 g/mol. The summed E-state index contributed by atoms with van der Waals surface area (Å²) < 4.78 is 0. The third-order valence-corrected chi connectivity index (χ3v) is 4.24. The third-order valence-electron chi connectivity index (χ3n) is 4.24. The Morgan fingerprint density at radius 3 is 2.39 bits per heavy atom. The van der Waals surface area contributed by atoms with Crippen LogP contribution in [0.3, 0.4) is 0 Å². The van der Waals surface area contributed by atoms with Gasteiger partial charge >= 0.3 is 0 Å². The van der Waals surface area contributed by atoms with E-state index in [9.17, 15) is 0 Å². The second kappa shape index (κ2) is 5.73. The van der Waals surface area contributed by atoms with Crippen LogP contribution in [0.5, 0.6) is 0 Å². The van der Waals surface area contributed by atoms with E-state index in [1.165, 1.54) is 24.2 Å². The van der Waals surface area contributed by atoms with Crippen LogP contribution in [-0.4, -0.2) is 18.1 Å². The summed E-state index contributed by atoms with van der Waals surface area (Å²) in [7, 11) is 0. The molecule has 2 rings (SSSR count). The topological polar surface area (TPSA) is 16.1 Å². The molecule has 0 amide bonds. The molecule has 1 aliphatic rings. The minimum Gasteiger partial charge on any atom is -0.357 e. The number of aromatic nitrogens is 1. The molecule has 18 heavy (non-hydrogen) atoms. The first-order chi connectivity index (χ1) is 8.58. The van der Waals surface area contributed by atoms with Gasteiger partial charge in [0.1, 0.15) is 5.82 Å². The number of pyridine rings is 1. The van der Waals surface area contributed by atoms with Gasteiger partial charge in [-0.25, -0.2) is 4.98 Å². The van der Waals surface area contributed by atoms with Gasteiger partial charge in [0.25, 0.3) is 0 Å². The van der Waals surface area contributed by atoms with Crippen molar-refractivity contribution in [1.29, 1.82) is 0 Å². The van der Waals surface area contributed by atoms with Crippen molar-refractivity contribution < 1.29 is 0 Å². The van der Waals surface area contributed by atoms with Gasteiger partial charge in [-0.3, -0.25) is 0 Å². The summed E-state index contributed by atoms with van der Waals surface area (Å²) >= 11 is 0. The van der Waals surface area contributed by atoms with Crippen LogP contribution in [-0.2, 0) is 0 Å². The molecule has 2 heterocycles. The van der Waals surface area contributed by atoms with E-state index in [1.807, 2.05) is 6.20 Å². The van der Waals surface area contributed by atoms with Crippen molar-refractivity contribution in [2.45, 2.75) is 46.5 Å². The fraction of sp³-hybridized carbons (Fsp3) is 0.688. The van der Waals surface area contributed by atoms with Gasteiger partial charge in [0.15, 0.2) is 0 Å². The summed E-state index contributed by atoms with van der Waals surface area (Å²) in [5, 5.41) is 0. The molecule has 2 nitrogen and oxygen atoms in total. The smallest absolute Gasteiger partial charge is 0.128 e.